The molecule has 1 aliphatic rings. The number of halogens is 2. The van der Waals surface area contributed by atoms with Crippen LogP contribution < -0.4 is 0 Å². The molecule has 0 unspecified atom stereocenters. The van der Waals surface area contributed by atoms with Gasteiger partial charge in [-0.05, 0) is 26.2 Å². The van der Waals surface area contributed by atoms with Gasteiger partial charge in [0.15, 0.2) is 6.61 Å². The van der Waals surface area contributed by atoms with Gasteiger partial charge in [0.2, 0.25) is 0 Å². The lowest BCUT2D eigenvalue weighted by Gasteiger charge is -2.19. The fourth-order valence-electron chi connectivity index (χ4n) is 2.02. The summed E-state index contributed by atoms with van der Waals surface area (Å²) in [5, 5.41) is 0. The second-order valence-electron chi connectivity index (χ2n) is 6.57. The van der Waals surface area contributed by atoms with Crippen LogP contribution in [0.5, 0.6) is 0 Å². The fourth-order valence-corrected chi connectivity index (χ4v) is 2.02. The molecule has 0 aromatic heterocycles. The average Bonchev–Trinajstić information content (AvgIpc) is 2.83. The Bertz CT molecular complexity index is 480. The number of esters is 2. The second kappa shape index (κ2) is 6.00. The van der Waals surface area contributed by atoms with Crippen LogP contribution in [0, 0.1) is 29.1 Å². The maximum Gasteiger partial charge on any atom is 0.384 e. The van der Waals surface area contributed by atoms with E-state index in [0.717, 1.165) is 0 Å². The third-order valence-electron chi connectivity index (χ3n) is 3.16. The first-order valence-electron chi connectivity index (χ1n) is 6.64. The minimum absolute atomic E-state index is 0.341. The molecule has 1 fully saturated rings. The summed E-state index contributed by atoms with van der Waals surface area (Å²) in [6, 6.07) is 0. The Balaban J connectivity index is 2.61. The van der Waals surface area contributed by atoms with Crippen molar-refractivity contribution >= 4 is 11.9 Å². The van der Waals surface area contributed by atoms with Gasteiger partial charge in [0.05, 0.1) is 5.92 Å². The van der Waals surface area contributed by atoms with Crippen molar-refractivity contribution in [3.05, 3.63) is 0 Å². The molecule has 0 radical (unpaired) electrons. The highest BCUT2D eigenvalue weighted by Crippen LogP contribution is 2.58. The summed E-state index contributed by atoms with van der Waals surface area (Å²) in [6.07, 6.45) is -2.72. The van der Waals surface area contributed by atoms with Crippen LogP contribution in [-0.4, -0.2) is 30.6 Å². The predicted octanol–water partition coefficient (Wildman–Crippen LogP) is 2.41. The molecule has 6 heteroatoms. The largest absolute Gasteiger partial charge is 0.460 e. The molecule has 0 aromatic rings. The SMILES string of the molecule is CC(C)(C)OC(=O)[C@@H]1[C@H](C#CC(=O)OCC(F)F)C1(C)C. The van der Waals surface area contributed by atoms with Crippen LogP contribution in [-0.2, 0) is 19.1 Å². The highest BCUT2D eigenvalue weighted by Gasteiger charge is 2.62. The lowest BCUT2D eigenvalue weighted by molar-refractivity contribution is -0.157. The van der Waals surface area contributed by atoms with E-state index in [4.69, 9.17) is 4.74 Å². The van der Waals surface area contributed by atoms with Gasteiger partial charge >= 0.3 is 11.9 Å². The average molecular weight is 302 g/mol. The molecule has 0 heterocycles. The summed E-state index contributed by atoms with van der Waals surface area (Å²) < 4.78 is 33.3. The van der Waals surface area contributed by atoms with Gasteiger partial charge in [-0.1, -0.05) is 19.8 Å². The van der Waals surface area contributed by atoms with E-state index >= 15 is 0 Å². The normalized spacial score (nSPS) is 23.0. The molecule has 1 rings (SSSR count). The summed E-state index contributed by atoms with van der Waals surface area (Å²) in [7, 11) is 0. The molecule has 2 atom stereocenters. The van der Waals surface area contributed by atoms with Crippen molar-refractivity contribution in [2.75, 3.05) is 6.61 Å². The van der Waals surface area contributed by atoms with Gasteiger partial charge in [0, 0.05) is 11.8 Å². The first-order valence-corrected chi connectivity index (χ1v) is 6.64. The third kappa shape index (κ3) is 5.00. The molecule has 1 saturated carbocycles. The molecule has 0 N–H and O–H groups in total. The van der Waals surface area contributed by atoms with Crippen molar-refractivity contribution in [2.45, 2.75) is 46.6 Å². The van der Waals surface area contributed by atoms with Crippen molar-refractivity contribution in [3.63, 3.8) is 0 Å². The lowest BCUT2D eigenvalue weighted by atomic mass is 10.1. The van der Waals surface area contributed by atoms with Crippen LogP contribution in [0.15, 0.2) is 0 Å². The second-order valence-corrected chi connectivity index (χ2v) is 6.57. The van der Waals surface area contributed by atoms with E-state index in [1.807, 2.05) is 13.8 Å². The smallest absolute Gasteiger partial charge is 0.384 e. The molecule has 21 heavy (non-hydrogen) atoms. The van der Waals surface area contributed by atoms with Crippen molar-refractivity contribution in [3.8, 4) is 11.8 Å². The lowest BCUT2D eigenvalue weighted by Crippen LogP contribution is -2.26. The van der Waals surface area contributed by atoms with Gasteiger partial charge in [-0.15, -0.1) is 0 Å². The van der Waals surface area contributed by atoms with Crippen molar-refractivity contribution in [1.29, 1.82) is 0 Å². The number of alkyl halides is 2. The highest BCUT2D eigenvalue weighted by molar-refractivity contribution is 5.89. The van der Waals surface area contributed by atoms with Crippen molar-refractivity contribution in [2.24, 2.45) is 17.3 Å². The molecular formula is C15H20F2O4. The van der Waals surface area contributed by atoms with E-state index in [0.29, 0.717) is 0 Å². The molecule has 4 nitrogen and oxygen atoms in total. The third-order valence-corrected chi connectivity index (χ3v) is 3.16. The Hall–Kier alpha value is -1.64. The first-order chi connectivity index (χ1) is 9.45. The zero-order chi connectivity index (χ0) is 16.4. The number of hydrogen-bond donors (Lipinski definition) is 0. The van der Waals surface area contributed by atoms with Crippen LogP contribution >= 0.6 is 0 Å². The van der Waals surface area contributed by atoms with Gasteiger partial charge in [0.1, 0.15) is 5.60 Å². The maximum atomic E-state index is 12.0. The summed E-state index contributed by atoms with van der Waals surface area (Å²) >= 11 is 0. The summed E-state index contributed by atoms with van der Waals surface area (Å²) in [5.74, 6) is 2.62. The Morgan fingerprint density at radius 3 is 2.33 bits per heavy atom. The number of carbonyl (C=O) groups excluding carboxylic acids is 2. The minimum atomic E-state index is -2.72. The van der Waals surface area contributed by atoms with E-state index < -0.39 is 35.9 Å². The van der Waals surface area contributed by atoms with Gasteiger partial charge in [-0.3, -0.25) is 4.79 Å². The maximum absolute atomic E-state index is 12.0. The summed E-state index contributed by atoms with van der Waals surface area (Å²) in [5.41, 5.74) is -0.998. The van der Waals surface area contributed by atoms with Gasteiger partial charge in [-0.25, -0.2) is 13.6 Å². The van der Waals surface area contributed by atoms with Gasteiger partial charge in [-0.2, -0.15) is 0 Å². The molecular weight excluding hydrogens is 282 g/mol. The Morgan fingerprint density at radius 1 is 1.29 bits per heavy atom. The van der Waals surface area contributed by atoms with E-state index in [1.165, 1.54) is 0 Å². The highest BCUT2D eigenvalue weighted by atomic mass is 19.3. The monoisotopic (exact) mass is 302 g/mol. The molecule has 0 bridgehead atoms. The number of hydrogen-bond acceptors (Lipinski definition) is 4. The predicted molar refractivity (Wildman–Crippen MR) is 71.3 cm³/mol. The van der Waals surface area contributed by atoms with Crippen LogP contribution in [0.2, 0.25) is 0 Å². The molecule has 118 valence electrons. The molecule has 0 saturated heterocycles. The molecule has 1 aliphatic carbocycles. The molecule has 0 amide bonds. The molecule has 0 spiro atoms. The van der Waals surface area contributed by atoms with Crippen LogP contribution in [0.4, 0.5) is 8.78 Å². The Kier molecular flexibility index (Phi) is 4.98. The molecule has 0 aliphatic heterocycles. The van der Waals surface area contributed by atoms with Crippen LogP contribution in [0.25, 0.3) is 0 Å². The summed E-state index contributed by atoms with van der Waals surface area (Å²) in [6.45, 7) is 8.00. The van der Waals surface area contributed by atoms with Gasteiger partial charge in [0.25, 0.3) is 6.43 Å². The topological polar surface area (TPSA) is 52.6 Å². The molecule has 0 aromatic carbocycles. The fraction of sp³-hybridized carbons (Fsp3) is 0.733. The van der Waals surface area contributed by atoms with Crippen LogP contribution in [0.1, 0.15) is 34.6 Å². The van der Waals surface area contributed by atoms with Gasteiger partial charge < -0.3 is 9.47 Å². The van der Waals surface area contributed by atoms with Crippen LogP contribution in [0.3, 0.4) is 0 Å². The quantitative estimate of drug-likeness (QED) is 0.456. The Labute approximate surface area is 123 Å². The van der Waals surface area contributed by atoms with E-state index in [9.17, 15) is 18.4 Å². The Morgan fingerprint density at radius 2 is 1.86 bits per heavy atom. The van der Waals surface area contributed by atoms with Crippen molar-refractivity contribution in [1.82, 2.24) is 0 Å². The minimum Gasteiger partial charge on any atom is -0.460 e. The van der Waals surface area contributed by atoms with E-state index in [-0.39, 0.29) is 11.9 Å². The standard InChI is InChI=1S/C15H20F2O4/c1-14(2,3)21-13(19)12-9(15(12,4)5)6-7-11(18)20-8-10(16)17/h9-10,12H,8H2,1-5H3/t9-,12-/m0/s1. The number of rotatable bonds is 3. The van der Waals surface area contributed by atoms with E-state index in [2.05, 4.69) is 16.6 Å². The summed E-state index contributed by atoms with van der Waals surface area (Å²) in [4.78, 5) is 23.2. The number of carbonyl (C=O) groups is 2. The van der Waals surface area contributed by atoms with E-state index in [1.54, 1.807) is 20.8 Å². The zero-order valence-corrected chi connectivity index (χ0v) is 12.8. The van der Waals surface area contributed by atoms with Crippen molar-refractivity contribution < 1.29 is 27.8 Å². The zero-order valence-electron chi connectivity index (χ0n) is 12.8. The number of ether oxygens (including phenoxy) is 2. The first kappa shape index (κ1) is 17.4.